The van der Waals surface area contributed by atoms with Gasteiger partial charge in [-0.05, 0) is 30.2 Å². The van der Waals surface area contributed by atoms with Crippen LogP contribution in [0, 0.1) is 11.7 Å². The molecular weight excluding hydrogens is 297 g/mol. The molecule has 0 aliphatic heterocycles. The normalized spacial score (nSPS) is 12.0. The van der Waals surface area contributed by atoms with E-state index in [-0.39, 0.29) is 24.2 Å². The van der Waals surface area contributed by atoms with Crippen molar-refractivity contribution in [1.29, 1.82) is 0 Å². The molecule has 2 aromatic rings. The number of hydrogen-bond donors (Lipinski definition) is 2. The fourth-order valence-corrected chi connectivity index (χ4v) is 1.86. The van der Waals surface area contributed by atoms with E-state index in [1.807, 2.05) is 19.9 Å². The van der Waals surface area contributed by atoms with E-state index in [9.17, 15) is 9.18 Å². The number of halogens is 1. The van der Waals surface area contributed by atoms with Crippen molar-refractivity contribution in [3.63, 3.8) is 0 Å². The number of ether oxygens (including phenoxy) is 1. The van der Waals surface area contributed by atoms with Crippen LogP contribution in [0.2, 0.25) is 0 Å². The first-order chi connectivity index (χ1) is 11.0. The third-order valence-corrected chi connectivity index (χ3v) is 3.32. The molecule has 0 aliphatic rings. The van der Waals surface area contributed by atoms with Crippen molar-refractivity contribution < 1.29 is 13.9 Å². The Balaban J connectivity index is 1.99. The molecular formula is C17H20FN3O2. The Kier molecular flexibility index (Phi) is 5.65. The van der Waals surface area contributed by atoms with Crippen LogP contribution in [-0.2, 0) is 11.4 Å². The summed E-state index contributed by atoms with van der Waals surface area (Å²) >= 11 is 0. The standard InChI is InChI=1S/C17H20FN3O2/c1-11(2)16(19)17(22)21-12-6-7-15(14(18)9-12)23-10-13-5-3-4-8-20-13/h3-9,11,16H,10,19H2,1-2H3,(H,21,22)/t16-/m0/s1. The molecule has 122 valence electrons. The molecule has 1 atom stereocenters. The van der Waals surface area contributed by atoms with E-state index in [0.29, 0.717) is 11.4 Å². The number of nitrogens with zero attached hydrogens (tertiary/aromatic N) is 1. The second-order valence-corrected chi connectivity index (χ2v) is 5.51. The van der Waals surface area contributed by atoms with Gasteiger partial charge >= 0.3 is 0 Å². The Morgan fingerprint density at radius 1 is 1.35 bits per heavy atom. The maximum absolute atomic E-state index is 14.0. The Labute approximate surface area is 134 Å². The third-order valence-electron chi connectivity index (χ3n) is 3.32. The number of hydrogen-bond acceptors (Lipinski definition) is 4. The highest BCUT2D eigenvalue weighted by atomic mass is 19.1. The van der Waals surface area contributed by atoms with Gasteiger partial charge in [0.15, 0.2) is 11.6 Å². The van der Waals surface area contributed by atoms with Gasteiger partial charge in [-0.15, -0.1) is 0 Å². The second-order valence-electron chi connectivity index (χ2n) is 5.51. The molecule has 0 aliphatic carbocycles. The number of nitrogens with two attached hydrogens (primary N) is 1. The van der Waals surface area contributed by atoms with Crippen molar-refractivity contribution in [3.8, 4) is 5.75 Å². The largest absolute Gasteiger partial charge is 0.484 e. The van der Waals surface area contributed by atoms with Gasteiger partial charge in [0.05, 0.1) is 11.7 Å². The van der Waals surface area contributed by atoms with Crippen molar-refractivity contribution in [2.45, 2.75) is 26.5 Å². The fraction of sp³-hybridized carbons (Fsp3) is 0.294. The second kappa shape index (κ2) is 7.69. The smallest absolute Gasteiger partial charge is 0.241 e. The van der Waals surface area contributed by atoms with Crippen LogP contribution in [0.1, 0.15) is 19.5 Å². The van der Waals surface area contributed by atoms with E-state index in [1.165, 1.54) is 12.1 Å². The van der Waals surface area contributed by atoms with E-state index in [4.69, 9.17) is 10.5 Å². The molecule has 1 aromatic heterocycles. The Morgan fingerprint density at radius 2 is 2.13 bits per heavy atom. The maximum atomic E-state index is 14.0. The average molecular weight is 317 g/mol. The van der Waals surface area contributed by atoms with Gasteiger partial charge in [0.1, 0.15) is 6.61 Å². The predicted molar refractivity (Wildman–Crippen MR) is 86.4 cm³/mol. The van der Waals surface area contributed by atoms with Gasteiger partial charge < -0.3 is 15.8 Å². The molecule has 2 rings (SSSR count). The molecule has 1 heterocycles. The minimum Gasteiger partial charge on any atom is -0.484 e. The summed E-state index contributed by atoms with van der Waals surface area (Å²) in [6.45, 7) is 3.86. The maximum Gasteiger partial charge on any atom is 0.241 e. The number of aromatic nitrogens is 1. The predicted octanol–water partition coefficient (Wildman–Crippen LogP) is 2.72. The first-order valence-electron chi connectivity index (χ1n) is 7.36. The summed E-state index contributed by atoms with van der Waals surface area (Å²) in [5, 5.41) is 2.59. The van der Waals surface area contributed by atoms with Crippen LogP contribution in [0.25, 0.3) is 0 Å². The number of amides is 1. The van der Waals surface area contributed by atoms with E-state index < -0.39 is 11.9 Å². The average Bonchev–Trinajstić information content (AvgIpc) is 2.54. The van der Waals surface area contributed by atoms with Gasteiger partial charge in [0, 0.05) is 18.0 Å². The molecule has 0 radical (unpaired) electrons. The van der Waals surface area contributed by atoms with Crippen molar-refractivity contribution in [3.05, 3.63) is 54.1 Å². The zero-order chi connectivity index (χ0) is 16.8. The topological polar surface area (TPSA) is 77.2 Å². The molecule has 1 amide bonds. The molecule has 0 spiro atoms. The monoisotopic (exact) mass is 317 g/mol. The summed E-state index contributed by atoms with van der Waals surface area (Å²) in [4.78, 5) is 16.0. The Bertz CT molecular complexity index is 662. The summed E-state index contributed by atoms with van der Waals surface area (Å²) in [5.41, 5.74) is 6.79. The highest BCUT2D eigenvalue weighted by Crippen LogP contribution is 2.22. The molecule has 0 saturated heterocycles. The van der Waals surface area contributed by atoms with Crippen LogP contribution in [0.5, 0.6) is 5.75 Å². The van der Waals surface area contributed by atoms with Gasteiger partial charge in [0.25, 0.3) is 0 Å². The molecule has 0 fully saturated rings. The summed E-state index contributed by atoms with van der Waals surface area (Å²) in [6.07, 6.45) is 1.64. The lowest BCUT2D eigenvalue weighted by atomic mass is 10.0. The molecule has 0 bridgehead atoms. The molecule has 1 aromatic carbocycles. The summed E-state index contributed by atoms with van der Waals surface area (Å²) in [5.74, 6) is -0.805. The van der Waals surface area contributed by atoms with E-state index in [0.717, 1.165) is 0 Å². The zero-order valence-electron chi connectivity index (χ0n) is 13.1. The molecule has 5 nitrogen and oxygen atoms in total. The van der Waals surface area contributed by atoms with E-state index >= 15 is 0 Å². The van der Waals surface area contributed by atoms with Crippen LogP contribution in [0.4, 0.5) is 10.1 Å². The SMILES string of the molecule is CC(C)[C@H](N)C(=O)Nc1ccc(OCc2ccccn2)c(F)c1. The number of carbonyl (C=O) groups is 1. The van der Waals surface area contributed by atoms with Crippen molar-refractivity contribution >= 4 is 11.6 Å². The lowest BCUT2D eigenvalue weighted by molar-refractivity contribution is -0.118. The van der Waals surface area contributed by atoms with Gasteiger partial charge in [-0.1, -0.05) is 19.9 Å². The summed E-state index contributed by atoms with van der Waals surface area (Å²) < 4.78 is 19.4. The molecule has 0 saturated carbocycles. The van der Waals surface area contributed by atoms with Gasteiger partial charge in [-0.3, -0.25) is 9.78 Å². The van der Waals surface area contributed by atoms with Crippen molar-refractivity contribution in [2.24, 2.45) is 11.7 Å². The Hall–Kier alpha value is -2.47. The molecule has 0 unspecified atom stereocenters. The van der Waals surface area contributed by atoms with Gasteiger partial charge in [0.2, 0.25) is 5.91 Å². The Morgan fingerprint density at radius 3 is 2.74 bits per heavy atom. The van der Waals surface area contributed by atoms with Crippen LogP contribution >= 0.6 is 0 Å². The highest BCUT2D eigenvalue weighted by Gasteiger charge is 2.17. The fourth-order valence-electron chi connectivity index (χ4n) is 1.86. The number of benzene rings is 1. The molecule has 6 heteroatoms. The number of anilines is 1. The third kappa shape index (κ3) is 4.75. The number of pyridine rings is 1. The van der Waals surface area contributed by atoms with Crippen LogP contribution in [0.3, 0.4) is 0 Å². The van der Waals surface area contributed by atoms with Crippen molar-refractivity contribution in [1.82, 2.24) is 4.98 Å². The zero-order valence-corrected chi connectivity index (χ0v) is 13.1. The number of carbonyl (C=O) groups excluding carboxylic acids is 1. The van der Waals surface area contributed by atoms with Crippen molar-refractivity contribution in [2.75, 3.05) is 5.32 Å². The summed E-state index contributed by atoms with van der Waals surface area (Å²) in [7, 11) is 0. The van der Waals surface area contributed by atoms with Crippen LogP contribution in [-0.4, -0.2) is 16.9 Å². The summed E-state index contributed by atoms with van der Waals surface area (Å²) in [6, 6.07) is 9.02. The number of rotatable bonds is 6. The highest BCUT2D eigenvalue weighted by molar-refractivity contribution is 5.94. The van der Waals surface area contributed by atoms with E-state index in [2.05, 4.69) is 10.3 Å². The van der Waals surface area contributed by atoms with Gasteiger partial charge in [-0.25, -0.2) is 4.39 Å². The lowest BCUT2D eigenvalue weighted by Crippen LogP contribution is -2.39. The quantitative estimate of drug-likeness (QED) is 0.859. The van der Waals surface area contributed by atoms with Gasteiger partial charge in [-0.2, -0.15) is 0 Å². The lowest BCUT2D eigenvalue weighted by Gasteiger charge is -2.15. The minimum absolute atomic E-state index is 0.000765. The molecule has 3 N–H and O–H groups in total. The first-order valence-corrected chi connectivity index (χ1v) is 7.36. The minimum atomic E-state index is -0.641. The van der Waals surface area contributed by atoms with Crippen LogP contribution in [0.15, 0.2) is 42.6 Å². The first kappa shape index (κ1) is 16.9. The number of nitrogens with one attached hydrogen (secondary N) is 1. The molecule has 23 heavy (non-hydrogen) atoms. The van der Waals surface area contributed by atoms with Crippen LogP contribution < -0.4 is 15.8 Å². The van der Waals surface area contributed by atoms with E-state index in [1.54, 1.807) is 24.4 Å².